The zero-order valence-electron chi connectivity index (χ0n) is 11.9. The second-order valence-electron chi connectivity index (χ2n) is 5.23. The molecular weight excluding hydrogens is 271 g/mol. The molecule has 1 atom stereocenters. The average molecular weight is 288 g/mol. The van der Waals surface area contributed by atoms with Crippen molar-refractivity contribution in [3.8, 4) is 0 Å². The second-order valence-corrected chi connectivity index (χ2v) is 5.23. The SMILES string of the molecule is CC(C)C(Nc1cc(F)cc([N+](=O)[O-])c1)c1ccccc1. The van der Waals surface area contributed by atoms with Crippen LogP contribution in [0.3, 0.4) is 0 Å². The highest BCUT2D eigenvalue weighted by Gasteiger charge is 2.17. The summed E-state index contributed by atoms with van der Waals surface area (Å²) in [5.41, 5.74) is 1.21. The van der Waals surface area contributed by atoms with Crippen molar-refractivity contribution >= 4 is 11.4 Å². The molecule has 21 heavy (non-hydrogen) atoms. The number of nitro benzene ring substituents is 1. The lowest BCUT2D eigenvalue weighted by molar-refractivity contribution is -0.385. The van der Waals surface area contributed by atoms with Crippen LogP contribution in [0, 0.1) is 21.8 Å². The molecule has 1 N–H and O–H groups in total. The van der Waals surface area contributed by atoms with E-state index in [9.17, 15) is 14.5 Å². The number of rotatable bonds is 5. The van der Waals surface area contributed by atoms with E-state index in [4.69, 9.17) is 0 Å². The van der Waals surface area contributed by atoms with Gasteiger partial charge in [-0.15, -0.1) is 0 Å². The molecule has 0 aliphatic heterocycles. The smallest absolute Gasteiger partial charge is 0.274 e. The summed E-state index contributed by atoms with van der Waals surface area (Å²) in [7, 11) is 0. The predicted molar refractivity (Wildman–Crippen MR) is 80.7 cm³/mol. The average Bonchev–Trinajstić information content (AvgIpc) is 2.44. The molecule has 110 valence electrons. The number of benzene rings is 2. The summed E-state index contributed by atoms with van der Waals surface area (Å²) < 4.78 is 13.5. The molecule has 0 radical (unpaired) electrons. The Balaban J connectivity index is 2.32. The van der Waals surface area contributed by atoms with Gasteiger partial charge < -0.3 is 5.32 Å². The van der Waals surface area contributed by atoms with Crippen LogP contribution >= 0.6 is 0 Å². The Bertz CT molecular complexity index is 629. The van der Waals surface area contributed by atoms with E-state index in [1.54, 1.807) is 0 Å². The van der Waals surface area contributed by atoms with Gasteiger partial charge in [-0.05, 0) is 17.5 Å². The Morgan fingerprint density at radius 1 is 1.14 bits per heavy atom. The molecule has 0 fully saturated rings. The summed E-state index contributed by atoms with van der Waals surface area (Å²) in [5.74, 6) is -0.378. The summed E-state index contributed by atoms with van der Waals surface area (Å²) in [5, 5.41) is 14.0. The van der Waals surface area contributed by atoms with Crippen LogP contribution in [0.15, 0.2) is 48.5 Å². The van der Waals surface area contributed by atoms with Gasteiger partial charge >= 0.3 is 0 Å². The van der Waals surface area contributed by atoms with Crippen LogP contribution in [0.1, 0.15) is 25.5 Å². The summed E-state index contributed by atoms with van der Waals surface area (Å²) >= 11 is 0. The first-order valence-corrected chi connectivity index (χ1v) is 6.74. The molecule has 1 unspecified atom stereocenters. The molecule has 0 bridgehead atoms. The van der Waals surface area contributed by atoms with Crippen LogP contribution in [0.2, 0.25) is 0 Å². The molecule has 2 aromatic rings. The number of nitro groups is 1. The van der Waals surface area contributed by atoms with Crippen molar-refractivity contribution < 1.29 is 9.31 Å². The fraction of sp³-hybridized carbons (Fsp3) is 0.250. The lowest BCUT2D eigenvalue weighted by atomic mass is 9.96. The monoisotopic (exact) mass is 288 g/mol. The Hall–Kier alpha value is -2.43. The van der Waals surface area contributed by atoms with Crippen molar-refractivity contribution in [1.29, 1.82) is 0 Å². The van der Waals surface area contributed by atoms with Gasteiger partial charge in [0.25, 0.3) is 5.69 Å². The van der Waals surface area contributed by atoms with Gasteiger partial charge in [0.05, 0.1) is 17.0 Å². The van der Waals surface area contributed by atoms with Crippen LogP contribution in [0.5, 0.6) is 0 Å². The van der Waals surface area contributed by atoms with Gasteiger partial charge in [-0.25, -0.2) is 4.39 Å². The normalized spacial score (nSPS) is 12.2. The molecule has 0 aliphatic carbocycles. The van der Waals surface area contributed by atoms with E-state index in [1.807, 2.05) is 44.2 Å². The van der Waals surface area contributed by atoms with E-state index in [2.05, 4.69) is 5.32 Å². The highest BCUT2D eigenvalue weighted by atomic mass is 19.1. The van der Waals surface area contributed by atoms with Gasteiger partial charge in [-0.3, -0.25) is 10.1 Å². The molecule has 0 spiro atoms. The Morgan fingerprint density at radius 2 is 1.81 bits per heavy atom. The topological polar surface area (TPSA) is 55.2 Å². The standard InChI is InChI=1S/C16H17FN2O2/c1-11(2)16(12-6-4-3-5-7-12)18-14-8-13(17)9-15(10-14)19(20)21/h3-11,16,18H,1-2H3. The predicted octanol–water partition coefficient (Wildman–Crippen LogP) is 4.54. The van der Waals surface area contributed by atoms with E-state index in [1.165, 1.54) is 12.1 Å². The maximum atomic E-state index is 13.5. The van der Waals surface area contributed by atoms with Gasteiger partial charge in [0.1, 0.15) is 5.82 Å². The van der Waals surface area contributed by atoms with Gasteiger partial charge in [0, 0.05) is 11.8 Å². The zero-order valence-corrected chi connectivity index (χ0v) is 11.9. The van der Waals surface area contributed by atoms with Crippen LogP contribution in [0.4, 0.5) is 15.8 Å². The minimum Gasteiger partial charge on any atom is -0.378 e. The van der Waals surface area contributed by atoms with E-state index < -0.39 is 10.7 Å². The summed E-state index contributed by atoms with van der Waals surface area (Å²) in [4.78, 5) is 10.2. The molecule has 0 aliphatic rings. The van der Waals surface area contributed by atoms with Gasteiger partial charge in [-0.2, -0.15) is 0 Å². The third-order valence-corrected chi connectivity index (χ3v) is 3.24. The minimum atomic E-state index is -0.623. The van der Waals surface area contributed by atoms with E-state index in [-0.39, 0.29) is 17.6 Å². The first-order valence-electron chi connectivity index (χ1n) is 6.74. The van der Waals surface area contributed by atoms with E-state index in [0.29, 0.717) is 5.69 Å². The Morgan fingerprint density at radius 3 is 2.38 bits per heavy atom. The molecule has 0 amide bonds. The van der Waals surface area contributed by atoms with Crippen molar-refractivity contribution in [2.75, 3.05) is 5.32 Å². The lowest BCUT2D eigenvalue weighted by Gasteiger charge is -2.24. The second kappa shape index (κ2) is 6.35. The Kier molecular flexibility index (Phi) is 4.52. The number of non-ortho nitro benzene ring substituents is 1. The maximum Gasteiger partial charge on any atom is 0.274 e. The number of halogens is 1. The molecule has 2 rings (SSSR count). The van der Waals surface area contributed by atoms with Crippen molar-refractivity contribution in [2.45, 2.75) is 19.9 Å². The molecule has 0 saturated carbocycles. The van der Waals surface area contributed by atoms with Gasteiger partial charge in [0.15, 0.2) is 0 Å². The van der Waals surface area contributed by atoms with Crippen LogP contribution in [-0.4, -0.2) is 4.92 Å². The third-order valence-electron chi connectivity index (χ3n) is 3.24. The fourth-order valence-corrected chi connectivity index (χ4v) is 2.24. The lowest BCUT2D eigenvalue weighted by Crippen LogP contribution is -2.17. The largest absolute Gasteiger partial charge is 0.378 e. The van der Waals surface area contributed by atoms with E-state index in [0.717, 1.165) is 11.6 Å². The zero-order chi connectivity index (χ0) is 15.4. The van der Waals surface area contributed by atoms with Gasteiger partial charge in [-0.1, -0.05) is 44.2 Å². The maximum absolute atomic E-state index is 13.5. The number of nitrogens with one attached hydrogen (secondary N) is 1. The molecule has 0 saturated heterocycles. The summed E-state index contributed by atoms with van der Waals surface area (Å²) in [6.07, 6.45) is 0. The fourth-order valence-electron chi connectivity index (χ4n) is 2.24. The first kappa shape index (κ1) is 15.0. The summed E-state index contributed by atoms with van der Waals surface area (Å²) in [6, 6.07) is 13.2. The minimum absolute atomic E-state index is 0.0485. The number of nitrogens with zero attached hydrogens (tertiary/aromatic N) is 1. The number of hydrogen-bond donors (Lipinski definition) is 1. The first-order chi connectivity index (χ1) is 9.97. The molecule has 5 heteroatoms. The molecule has 0 heterocycles. The summed E-state index contributed by atoms with van der Waals surface area (Å²) in [6.45, 7) is 4.08. The van der Waals surface area contributed by atoms with Crippen molar-refractivity contribution in [3.63, 3.8) is 0 Å². The third kappa shape index (κ3) is 3.78. The van der Waals surface area contributed by atoms with Gasteiger partial charge in [0.2, 0.25) is 0 Å². The number of hydrogen-bond acceptors (Lipinski definition) is 3. The molecular formula is C16H17FN2O2. The number of anilines is 1. The van der Waals surface area contributed by atoms with Crippen LogP contribution in [0.25, 0.3) is 0 Å². The molecule has 0 aromatic heterocycles. The van der Waals surface area contributed by atoms with Crippen LogP contribution < -0.4 is 5.32 Å². The van der Waals surface area contributed by atoms with E-state index >= 15 is 0 Å². The quantitative estimate of drug-likeness (QED) is 0.649. The highest BCUT2D eigenvalue weighted by molar-refractivity contribution is 5.53. The van der Waals surface area contributed by atoms with Crippen molar-refractivity contribution in [1.82, 2.24) is 0 Å². The van der Waals surface area contributed by atoms with Crippen LogP contribution in [-0.2, 0) is 0 Å². The highest BCUT2D eigenvalue weighted by Crippen LogP contribution is 2.28. The molecule has 2 aromatic carbocycles. The molecule has 4 nitrogen and oxygen atoms in total. The van der Waals surface area contributed by atoms with Crippen molar-refractivity contribution in [2.24, 2.45) is 5.92 Å². The van der Waals surface area contributed by atoms with Crippen molar-refractivity contribution in [3.05, 3.63) is 70.0 Å². The Labute approximate surface area is 122 Å².